The van der Waals surface area contributed by atoms with Crippen LogP contribution in [0.5, 0.6) is 0 Å². The highest BCUT2D eigenvalue weighted by Gasteiger charge is 2.22. The molecule has 1 aromatic rings. The first-order chi connectivity index (χ1) is 10.1. The molecule has 1 amide bonds. The Morgan fingerprint density at radius 3 is 2.81 bits per heavy atom. The van der Waals surface area contributed by atoms with E-state index in [0.717, 1.165) is 50.6 Å². The number of ketones is 1. The summed E-state index contributed by atoms with van der Waals surface area (Å²) in [6, 6.07) is 2.03. The Kier molecular flexibility index (Phi) is 5.56. The maximum atomic E-state index is 11.9. The summed E-state index contributed by atoms with van der Waals surface area (Å²) in [4.78, 5) is 22.8. The smallest absolute Gasteiger partial charge is 0.243 e. The maximum Gasteiger partial charge on any atom is 0.243 e. The summed E-state index contributed by atoms with van der Waals surface area (Å²) in [6.07, 6.45) is 6.92. The minimum Gasteiger partial charge on any atom is -0.348 e. The molecule has 1 aliphatic carbocycles. The van der Waals surface area contributed by atoms with Gasteiger partial charge in [0, 0.05) is 36.3 Å². The average molecular weight is 292 g/mol. The van der Waals surface area contributed by atoms with Crippen molar-refractivity contribution >= 4 is 11.7 Å². The quantitative estimate of drug-likeness (QED) is 0.461. The number of hydrogen-bond donors (Lipinski definition) is 2. The highest BCUT2D eigenvalue weighted by atomic mass is 16.5. The summed E-state index contributed by atoms with van der Waals surface area (Å²) in [6.45, 7) is 3.01. The average Bonchev–Trinajstić information content (AvgIpc) is 2.80. The number of amides is 1. The maximum absolute atomic E-state index is 11.9. The first kappa shape index (κ1) is 15.8. The Bertz CT molecular complexity index is 520. The summed E-state index contributed by atoms with van der Waals surface area (Å²) >= 11 is 0. The van der Waals surface area contributed by atoms with Gasteiger partial charge in [-0.05, 0) is 38.7 Å². The molecular formula is C16H24N2O3. The molecule has 0 saturated carbocycles. The van der Waals surface area contributed by atoms with Gasteiger partial charge in [0.05, 0.1) is 0 Å². The topological polar surface area (TPSA) is 71.3 Å². The van der Waals surface area contributed by atoms with Gasteiger partial charge in [-0.2, -0.15) is 0 Å². The lowest BCUT2D eigenvalue weighted by molar-refractivity contribution is -0.129. The fourth-order valence-electron chi connectivity index (χ4n) is 3.07. The SMILES string of the molecule is Cc1cc2c(n1CCCCCCC(=O)NO)CCCC2=O. The van der Waals surface area contributed by atoms with Gasteiger partial charge in [-0.15, -0.1) is 0 Å². The second kappa shape index (κ2) is 7.41. The molecule has 5 heteroatoms. The zero-order valence-electron chi connectivity index (χ0n) is 12.7. The molecular weight excluding hydrogens is 268 g/mol. The molecule has 0 fully saturated rings. The lowest BCUT2D eigenvalue weighted by Crippen LogP contribution is -2.17. The Labute approximate surface area is 125 Å². The van der Waals surface area contributed by atoms with Crippen LogP contribution in [0.4, 0.5) is 0 Å². The van der Waals surface area contributed by atoms with Crippen LogP contribution in [0.1, 0.15) is 66.7 Å². The number of unbranched alkanes of at least 4 members (excludes halogenated alkanes) is 3. The summed E-state index contributed by atoms with van der Waals surface area (Å²) in [5, 5.41) is 8.40. The van der Waals surface area contributed by atoms with Crippen LogP contribution < -0.4 is 5.48 Å². The zero-order valence-corrected chi connectivity index (χ0v) is 12.7. The van der Waals surface area contributed by atoms with Crippen molar-refractivity contribution in [3.63, 3.8) is 0 Å². The third kappa shape index (κ3) is 3.94. The second-order valence-corrected chi connectivity index (χ2v) is 5.77. The number of carbonyl (C=O) groups is 2. The molecule has 0 atom stereocenters. The van der Waals surface area contributed by atoms with Crippen LogP contribution >= 0.6 is 0 Å². The molecule has 0 bridgehead atoms. The van der Waals surface area contributed by atoms with Crippen molar-refractivity contribution in [3.8, 4) is 0 Å². The molecule has 21 heavy (non-hydrogen) atoms. The van der Waals surface area contributed by atoms with Crippen LogP contribution in [0.25, 0.3) is 0 Å². The number of fused-ring (bicyclic) bond motifs is 1. The molecule has 1 aliphatic rings. The molecule has 0 aromatic carbocycles. The van der Waals surface area contributed by atoms with Gasteiger partial charge in [0.25, 0.3) is 0 Å². The number of nitrogens with one attached hydrogen (secondary N) is 1. The monoisotopic (exact) mass is 292 g/mol. The van der Waals surface area contributed by atoms with Crippen molar-refractivity contribution in [3.05, 3.63) is 23.0 Å². The second-order valence-electron chi connectivity index (χ2n) is 5.77. The first-order valence-electron chi connectivity index (χ1n) is 7.78. The van der Waals surface area contributed by atoms with Crippen molar-refractivity contribution in [2.45, 2.75) is 64.8 Å². The molecule has 2 N–H and O–H groups in total. The van der Waals surface area contributed by atoms with E-state index in [4.69, 9.17) is 5.21 Å². The summed E-state index contributed by atoms with van der Waals surface area (Å²) in [5.41, 5.74) is 4.97. The van der Waals surface area contributed by atoms with E-state index in [9.17, 15) is 9.59 Å². The van der Waals surface area contributed by atoms with E-state index >= 15 is 0 Å². The minimum absolute atomic E-state index is 0.285. The fourth-order valence-corrected chi connectivity index (χ4v) is 3.07. The zero-order chi connectivity index (χ0) is 15.2. The predicted molar refractivity (Wildman–Crippen MR) is 79.5 cm³/mol. The molecule has 116 valence electrons. The largest absolute Gasteiger partial charge is 0.348 e. The third-order valence-electron chi connectivity index (χ3n) is 4.19. The molecule has 1 heterocycles. The summed E-state index contributed by atoms with van der Waals surface area (Å²) in [7, 11) is 0. The van der Waals surface area contributed by atoms with E-state index in [1.54, 1.807) is 5.48 Å². The van der Waals surface area contributed by atoms with E-state index < -0.39 is 0 Å². The third-order valence-corrected chi connectivity index (χ3v) is 4.19. The van der Waals surface area contributed by atoms with E-state index in [1.165, 1.54) is 11.4 Å². The Morgan fingerprint density at radius 1 is 1.29 bits per heavy atom. The molecule has 2 rings (SSSR count). The summed E-state index contributed by atoms with van der Waals surface area (Å²) in [5.74, 6) is -0.0306. The molecule has 0 spiro atoms. The number of hydrogen-bond acceptors (Lipinski definition) is 3. The predicted octanol–water partition coefficient (Wildman–Crippen LogP) is 2.77. The lowest BCUT2D eigenvalue weighted by atomic mass is 9.96. The minimum atomic E-state index is -0.316. The van der Waals surface area contributed by atoms with Crippen molar-refractivity contribution in [2.75, 3.05) is 0 Å². The van der Waals surface area contributed by atoms with Gasteiger partial charge < -0.3 is 4.57 Å². The van der Waals surface area contributed by atoms with Crippen LogP contribution in [0.15, 0.2) is 6.07 Å². The van der Waals surface area contributed by atoms with Crippen LogP contribution in [0.3, 0.4) is 0 Å². The Hall–Kier alpha value is -1.62. The van der Waals surface area contributed by atoms with Gasteiger partial charge in [-0.1, -0.05) is 12.8 Å². The number of carbonyl (C=O) groups excluding carboxylic acids is 2. The standard InChI is InChI=1S/C16H24N2O3/c1-12-11-13-14(7-6-8-15(13)19)18(12)10-5-3-2-4-9-16(20)17-21/h11,21H,2-10H2,1H3,(H,17,20). The van der Waals surface area contributed by atoms with Gasteiger partial charge >= 0.3 is 0 Å². The van der Waals surface area contributed by atoms with Gasteiger partial charge in [0.2, 0.25) is 5.91 Å². The van der Waals surface area contributed by atoms with E-state index in [-0.39, 0.29) is 11.7 Å². The molecule has 0 aliphatic heterocycles. The number of hydroxylamine groups is 1. The first-order valence-corrected chi connectivity index (χ1v) is 7.78. The Balaban J connectivity index is 1.79. The van der Waals surface area contributed by atoms with E-state index in [1.807, 2.05) is 6.07 Å². The van der Waals surface area contributed by atoms with Crippen molar-refractivity contribution in [1.82, 2.24) is 10.0 Å². The molecule has 0 unspecified atom stereocenters. The fraction of sp³-hybridized carbons (Fsp3) is 0.625. The molecule has 0 saturated heterocycles. The Morgan fingerprint density at radius 2 is 2.05 bits per heavy atom. The number of aryl methyl sites for hydroxylation is 1. The van der Waals surface area contributed by atoms with E-state index in [0.29, 0.717) is 12.8 Å². The highest BCUT2D eigenvalue weighted by Crippen LogP contribution is 2.25. The molecule has 5 nitrogen and oxygen atoms in total. The number of nitrogens with zero attached hydrogens (tertiary/aromatic N) is 1. The van der Waals surface area contributed by atoms with Gasteiger partial charge in [0.15, 0.2) is 5.78 Å². The number of rotatable bonds is 7. The number of aromatic nitrogens is 1. The molecule has 1 aromatic heterocycles. The van der Waals surface area contributed by atoms with E-state index in [2.05, 4.69) is 11.5 Å². The van der Waals surface area contributed by atoms with Crippen molar-refractivity contribution < 1.29 is 14.8 Å². The van der Waals surface area contributed by atoms with Crippen LogP contribution in [0.2, 0.25) is 0 Å². The lowest BCUT2D eigenvalue weighted by Gasteiger charge is -2.16. The van der Waals surface area contributed by atoms with Gasteiger partial charge in [-0.3, -0.25) is 14.8 Å². The van der Waals surface area contributed by atoms with Crippen molar-refractivity contribution in [2.24, 2.45) is 0 Å². The normalized spacial score (nSPS) is 14.1. The van der Waals surface area contributed by atoms with Gasteiger partial charge in [0.1, 0.15) is 0 Å². The van der Waals surface area contributed by atoms with Crippen LogP contribution in [0, 0.1) is 6.92 Å². The van der Waals surface area contributed by atoms with Crippen LogP contribution in [-0.2, 0) is 17.8 Å². The summed E-state index contributed by atoms with van der Waals surface area (Å²) < 4.78 is 2.28. The highest BCUT2D eigenvalue weighted by molar-refractivity contribution is 5.98. The van der Waals surface area contributed by atoms with Crippen LogP contribution in [-0.4, -0.2) is 21.5 Å². The van der Waals surface area contributed by atoms with Crippen molar-refractivity contribution in [1.29, 1.82) is 0 Å². The molecule has 0 radical (unpaired) electrons. The van der Waals surface area contributed by atoms with Gasteiger partial charge in [-0.25, -0.2) is 5.48 Å². The number of Topliss-reactive ketones (excluding diaryl/α,β-unsaturated/α-hetero) is 1.